The molecule has 3 heterocycles. The normalized spacial score (nSPS) is 11.2. The van der Waals surface area contributed by atoms with Crippen LogP contribution in [0.2, 0.25) is 5.02 Å². The lowest BCUT2D eigenvalue weighted by molar-refractivity contribution is 0.809. The predicted octanol–water partition coefficient (Wildman–Crippen LogP) is 4.71. The number of rotatable bonds is 4. The van der Waals surface area contributed by atoms with Gasteiger partial charge < -0.3 is 5.32 Å². The topological polar surface area (TPSA) is 68.0 Å². The molecular weight excluding hydrogens is 348 g/mol. The maximum absolute atomic E-state index is 6.30. The number of benzene rings is 1. The van der Waals surface area contributed by atoms with Crippen LogP contribution in [0.25, 0.3) is 17.2 Å². The molecule has 0 saturated heterocycles. The molecule has 6 nitrogen and oxygen atoms in total. The fourth-order valence-electron chi connectivity index (χ4n) is 2.59. The standard InChI is InChI=1S/C19H17ClN6/c1-12(2)16-10-17(22-15-8-4-3-7-14(15)20)26-19(23-16)24-18(25-26)13-6-5-9-21-11-13/h3-12,22H,1-2H3. The van der Waals surface area contributed by atoms with E-state index in [0.29, 0.717) is 16.6 Å². The quantitative estimate of drug-likeness (QED) is 0.568. The van der Waals surface area contributed by atoms with E-state index in [0.717, 1.165) is 22.8 Å². The number of hydrogen-bond donors (Lipinski definition) is 1. The minimum atomic E-state index is 0.255. The number of halogens is 1. The second kappa shape index (κ2) is 6.72. The number of hydrogen-bond acceptors (Lipinski definition) is 5. The van der Waals surface area contributed by atoms with Gasteiger partial charge in [0, 0.05) is 24.0 Å². The van der Waals surface area contributed by atoms with Crippen LogP contribution >= 0.6 is 11.6 Å². The third-order valence-electron chi connectivity index (χ3n) is 3.98. The molecular formula is C19H17ClN6. The fraction of sp³-hybridized carbons (Fsp3) is 0.158. The minimum absolute atomic E-state index is 0.255. The number of nitrogens with one attached hydrogen (secondary N) is 1. The van der Waals surface area contributed by atoms with E-state index in [-0.39, 0.29) is 5.92 Å². The third kappa shape index (κ3) is 3.11. The molecule has 26 heavy (non-hydrogen) atoms. The number of para-hydroxylation sites is 1. The summed E-state index contributed by atoms with van der Waals surface area (Å²) in [6, 6.07) is 13.3. The number of nitrogens with zero attached hydrogens (tertiary/aromatic N) is 5. The Hall–Kier alpha value is -2.99. The van der Waals surface area contributed by atoms with E-state index in [1.165, 1.54) is 0 Å². The van der Waals surface area contributed by atoms with Gasteiger partial charge in [0.1, 0.15) is 5.82 Å². The zero-order chi connectivity index (χ0) is 18.1. The highest BCUT2D eigenvalue weighted by molar-refractivity contribution is 6.33. The summed E-state index contributed by atoms with van der Waals surface area (Å²) in [4.78, 5) is 13.4. The average Bonchev–Trinajstić information content (AvgIpc) is 3.09. The van der Waals surface area contributed by atoms with E-state index in [1.54, 1.807) is 16.9 Å². The lowest BCUT2D eigenvalue weighted by atomic mass is 10.1. The number of fused-ring (bicyclic) bond motifs is 1. The lowest BCUT2D eigenvalue weighted by Gasteiger charge is -2.12. The van der Waals surface area contributed by atoms with E-state index >= 15 is 0 Å². The number of pyridine rings is 1. The predicted molar refractivity (Wildman–Crippen MR) is 103 cm³/mol. The summed E-state index contributed by atoms with van der Waals surface area (Å²) in [5.74, 6) is 2.12. The van der Waals surface area contributed by atoms with Crippen LogP contribution in [0, 0.1) is 0 Å². The van der Waals surface area contributed by atoms with E-state index in [4.69, 9.17) is 11.6 Å². The van der Waals surface area contributed by atoms with Gasteiger partial charge in [-0.25, -0.2) is 4.98 Å². The molecule has 1 N–H and O–H groups in total. The van der Waals surface area contributed by atoms with Crippen LogP contribution in [0.1, 0.15) is 25.5 Å². The highest BCUT2D eigenvalue weighted by Crippen LogP contribution is 2.27. The van der Waals surface area contributed by atoms with Gasteiger partial charge in [-0.3, -0.25) is 4.98 Å². The van der Waals surface area contributed by atoms with E-state index in [2.05, 4.69) is 39.2 Å². The van der Waals surface area contributed by atoms with Gasteiger partial charge in [0.05, 0.1) is 16.4 Å². The van der Waals surface area contributed by atoms with Crippen molar-refractivity contribution in [2.45, 2.75) is 19.8 Å². The summed E-state index contributed by atoms with van der Waals surface area (Å²) < 4.78 is 1.69. The largest absolute Gasteiger partial charge is 0.339 e. The molecule has 0 fully saturated rings. The van der Waals surface area contributed by atoms with Crippen LogP contribution in [-0.2, 0) is 0 Å². The second-order valence-electron chi connectivity index (χ2n) is 6.21. The maximum Gasteiger partial charge on any atom is 0.254 e. The Morgan fingerprint density at radius 3 is 2.65 bits per heavy atom. The van der Waals surface area contributed by atoms with Crippen molar-refractivity contribution < 1.29 is 0 Å². The first kappa shape index (κ1) is 16.5. The number of aromatic nitrogens is 5. The van der Waals surface area contributed by atoms with Crippen molar-refractivity contribution in [1.82, 2.24) is 24.6 Å². The van der Waals surface area contributed by atoms with Gasteiger partial charge in [0.2, 0.25) is 0 Å². The van der Waals surface area contributed by atoms with Crippen molar-refractivity contribution in [2.24, 2.45) is 0 Å². The Bertz CT molecular complexity index is 1060. The molecule has 0 amide bonds. The molecule has 0 atom stereocenters. The molecule has 0 aliphatic rings. The number of anilines is 2. The summed E-state index contributed by atoms with van der Waals surface area (Å²) in [6.07, 6.45) is 3.46. The summed E-state index contributed by atoms with van der Waals surface area (Å²) in [6.45, 7) is 4.19. The van der Waals surface area contributed by atoms with Crippen molar-refractivity contribution in [3.63, 3.8) is 0 Å². The fourth-order valence-corrected chi connectivity index (χ4v) is 2.77. The van der Waals surface area contributed by atoms with Crippen LogP contribution in [0.3, 0.4) is 0 Å². The van der Waals surface area contributed by atoms with Crippen molar-refractivity contribution in [3.05, 3.63) is 65.6 Å². The molecule has 1 aromatic carbocycles. The van der Waals surface area contributed by atoms with E-state index in [1.807, 2.05) is 42.5 Å². The first-order valence-electron chi connectivity index (χ1n) is 8.31. The van der Waals surface area contributed by atoms with Crippen LogP contribution in [0.4, 0.5) is 11.5 Å². The molecule has 0 spiro atoms. The Kier molecular flexibility index (Phi) is 4.26. The van der Waals surface area contributed by atoms with Crippen molar-refractivity contribution in [3.8, 4) is 11.4 Å². The molecule has 0 radical (unpaired) electrons. The Morgan fingerprint density at radius 1 is 1.08 bits per heavy atom. The van der Waals surface area contributed by atoms with Crippen molar-refractivity contribution in [1.29, 1.82) is 0 Å². The SMILES string of the molecule is CC(C)c1cc(Nc2ccccc2Cl)n2nc(-c3cccnc3)nc2n1. The molecule has 0 saturated carbocycles. The lowest BCUT2D eigenvalue weighted by Crippen LogP contribution is -2.05. The zero-order valence-electron chi connectivity index (χ0n) is 14.4. The Balaban J connectivity index is 1.87. The molecule has 130 valence electrons. The smallest absolute Gasteiger partial charge is 0.254 e. The maximum atomic E-state index is 6.30. The first-order chi connectivity index (χ1) is 12.6. The van der Waals surface area contributed by atoms with Crippen LogP contribution in [-0.4, -0.2) is 24.6 Å². The van der Waals surface area contributed by atoms with Crippen LogP contribution in [0.5, 0.6) is 0 Å². The Morgan fingerprint density at radius 2 is 1.92 bits per heavy atom. The summed E-state index contributed by atoms with van der Waals surface area (Å²) in [5, 5.41) is 8.59. The highest BCUT2D eigenvalue weighted by Gasteiger charge is 2.15. The van der Waals surface area contributed by atoms with Crippen molar-refractivity contribution >= 4 is 28.9 Å². The Labute approximate surface area is 155 Å². The molecule has 0 aliphatic carbocycles. The van der Waals surface area contributed by atoms with Gasteiger partial charge in [-0.1, -0.05) is 37.6 Å². The van der Waals surface area contributed by atoms with Gasteiger partial charge in [0.15, 0.2) is 5.82 Å². The van der Waals surface area contributed by atoms with Crippen LogP contribution in [0.15, 0.2) is 54.9 Å². The summed E-state index contributed by atoms with van der Waals surface area (Å²) in [7, 11) is 0. The van der Waals surface area contributed by atoms with Gasteiger partial charge in [-0.15, -0.1) is 5.10 Å². The van der Waals surface area contributed by atoms with Gasteiger partial charge in [-0.05, 0) is 30.2 Å². The van der Waals surface area contributed by atoms with Gasteiger partial charge >= 0.3 is 0 Å². The molecule has 0 aliphatic heterocycles. The van der Waals surface area contributed by atoms with Crippen LogP contribution < -0.4 is 5.32 Å². The molecule has 0 bridgehead atoms. The summed E-state index contributed by atoms with van der Waals surface area (Å²) in [5.41, 5.74) is 2.57. The molecule has 7 heteroatoms. The van der Waals surface area contributed by atoms with Crippen molar-refractivity contribution in [2.75, 3.05) is 5.32 Å². The minimum Gasteiger partial charge on any atom is -0.339 e. The van der Waals surface area contributed by atoms with Gasteiger partial charge in [-0.2, -0.15) is 9.50 Å². The monoisotopic (exact) mass is 364 g/mol. The average molecular weight is 365 g/mol. The molecule has 4 rings (SSSR count). The molecule has 4 aromatic rings. The second-order valence-corrected chi connectivity index (χ2v) is 6.62. The zero-order valence-corrected chi connectivity index (χ0v) is 15.1. The van der Waals surface area contributed by atoms with E-state index < -0.39 is 0 Å². The molecule has 0 unspecified atom stereocenters. The molecule has 3 aromatic heterocycles. The first-order valence-corrected chi connectivity index (χ1v) is 8.69. The van der Waals surface area contributed by atoms with Gasteiger partial charge in [0.25, 0.3) is 5.78 Å². The third-order valence-corrected chi connectivity index (χ3v) is 4.31. The van der Waals surface area contributed by atoms with E-state index in [9.17, 15) is 0 Å². The highest BCUT2D eigenvalue weighted by atomic mass is 35.5. The summed E-state index contributed by atoms with van der Waals surface area (Å²) >= 11 is 6.30.